The highest BCUT2D eigenvalue weighted by molar-refractivity contribution is 5.92. The Morgan fingerprint density at radius 1 is 1.26 bits per heavy atom. The van der Waals surface area contributed by atoms with Gasteiger partial charge in [0, 0.05) is 37.7 Å². The van der Waals surface area contributed by atoms with Gasteiger partial charge in [0.25, 0.3) is 5.91 Å². The highest BCUT2D eigenvalue weighted by atomic mass is 16.7. The number of likely N-dealkylation sites (tertiary alicyclic amines) is 1. The molecule has 23 heavy (non-hydrogen) atoms. The Labute approximate surface area is 135 Å². The Kier molecular flexibility index (Phi) is 3.69. The predicted molar refractivity (Wildman–Crippen MR) is 83.2 cm³/mol. The fourth-order valence-corrected chi connectivity index (χ4v) is 3.15. The predicted octanol–water partition coefficient (Wildman–Crippen LogP) is 1.34. The molecule has 1 spiro atoms. The summed E-state index contributed by atoms with van der Waals surface area (Å²) in [6.45, 7) is 4.45. The Bertz CT molecular complexity index is 601. The normalized spacial score (nSPS) is 23.3. The van der Waals surface area contributed by atoms with Crippen LogP contribution in [0.4, 0.5) is 5.95 Å². The number of carbonyl (C=O) groups is 1. The van der Waals surface area contributed by atoms with Gasteiger partial charge in [-0.2, -0.15) is 0 Å². The van der Waals surface area contributed by atoms with Gasteiger partial charge < -0.3 is 19.7 Å². The van der Waals surface area contributed by atoms with Crippen LogP contribution >= 0.6 is 0 Å². The molecule has 0 radical (unpaired) electrons. The smallest absolute Gasteiger partial charge is 0.272 e. The van der Waals surface area contributed by atoms with Gasteiger partial charge in [-0.25, -0.2) is 9.97 Å². The summed E-state index contributed by atoms with van der Waals surface area (Å²) >= 11 is 0. The quantitative estimate of drug-likeness (QED) is 0.906. The maximum atomic E-state index is 12.7. The summed E-state index contributed by atoms with van der Waals surface area (Å²) in [6.07, 6.45) is 3.73. The average molecular weight is 318 g/mol. The van der Waals surface area contributed by atoms with Gasteiger partial charge in [0.05, 0.1) is 13.2 Å². The first-order chi connectivity index (χ1) is 11.1. The fourth-order valence-electron chi connectivity index (χ4n) is 3.15. The molecule has 124 valence electrons. The van der Waals surface area contributed by atoms with Crippen molar-refractivity contribution in [3.05, 3.63) is 17.5 Å². The van der Waals surface area contributed by atoms with Crippen molar-refractivity contribution in [2.75, 3.05) is 31.6 Å². The number of ether oxygens (including phenoxy) is 2. The van der Waals surface area contributed by atoms with E-state index in [2.05, 4.69) is 15.3 Å². The highest BCUT2D eigenvalue weighted by Crippen LogP contribution is 2.31. The molecule has 1 aromatic heterocycles. The van der Waals surface area contributed by atoms with Crippen molar-refractivity contribution < 1.29 is 14.3 Å². The number of nitrogens with zero attached hydrogens (tertiary/aromatic N) is 3. The van der Waals surface area contributed by atoms with Gasteiger partial charge in [-0.1, -0.05) is 0 Å². The molecule has 1 aromatic rings. The molecule has 3 aliphatic rings. The van der Waals surface area contributed by atoms with Crippen LogP contribution in [0.1, 0.15) is 41.9 Å². The Morgan fingerprint density at radius 2 is 1.96 bits per heavy atom. The first kappa shape index (κ1) is 14.8. The van der Waals surface area contributed by atoms with E-state index in [0.29, 0.717) is 44.0 Å². The van der Waals surface area contributed by atoms with Gasteiger partial charge in [-0.15, -0.1) is 0 Å². The third kappa shape index (κ3) is 3.16. The zero-order valence-electron chi connectivity index (χ0n) is 13.4. The second kappa shape index (κ2) is 5.72. The lowest BCUT2D eigenvalue weighted by Gasteiger charge is -2.37. The van der Waals surface area contributed by atoms with E-state index < -0.39 is 5.79 Å². The summed E-state index contributed by atoms with van der Waals surface area (Å²) in [5, 5.41) is 3.26. The Hall–Kier alpha value is -1.73. The Balaban J connectivity index is 1.45. The minimum absolute atomic E-state index is 0.0396. The Morgan fingerprint density at radius 3 is 2.61 bits per heavy atom. The van der Waals surface area contributed by atoms with Crippen LogP contribution in [-0.4, -0.2) is 58.9 Å². The number of hydrogen-bond acceptors (Lipinski definition) is 6. The first-order valence-electron chi connectivity index (χ1n) is 8.33. The molecule has 4 rings (SSSR count). The maximum Gasteiger partial charge on any atom is 0.272 e. The minimum Gasteiger partial charge on any atom is -0.351 e. The van der Waals surface area contributed by atoms with Crippen LogP contribution in [0, 0.1) is 6.92 Å². The van der Waals surface area contributed by atoms with Crippen LogP contribution in [0.2, 0.25) is 0 Å². The number of nitrogens with one attached hydrogen (secondary N) is 1. The summed E-state index contributed by atoms with van der Waals surface area (Å²) in [5.41, 5.74) is 1.27. The zero-order chi connectivity index (χ0) is 15.9. The first-order valence-corrected chi connectivity index (χ1v) is 8.33. The molecule has 0 atom stereocenters. The number of hydrogen-bond donors (Lipinski definition) is 1. The van der Waals surface area contributed by atoms with Crippen LogP contribution < -0.4 is 5.32 Å². The van der Waals surface area contributed by atoms with Gasteiger partial charge in [-0.3, -0.25) is 4.79 Å². The molecule has 7 heteroatoms. The van der Waals surface area contributed by atoms with Crippen molar-refractivity contribution >= 4 is 11.9 Å². The molecule has 7 nitrogen and oxygen atoms in total. The molecular formula is C16H22N4O3. The third-order valence-corrected chi connectivity index (χ3v) is 4.61. The summed E-state index contributed by atoms with van der Waals surface area (Å²) < 4.78 is 11.4. The number of anilines is 1. The molecule has 1 N–H and O–H groups in total. The van der Waals surface area contributed by atoms with Gasteiger partial charge in [0.1, 0.15) is 5.69 Å². The van der Waals surface area contributed by atoms with Crippen molar-refractivity contribution in [2.24, 2.45) is 0 Å². The topological polar surface area (TPSA) is 76.6 Å². The number of rotatable bonds is 3. The average Bonchev–Trinajstić information content (AvgIpc) is 3.24. The fraction of sp³-hybridized carbons (Fsp3) is 0.688. The molecule has 2 aliphatic heterocycles. The molecule has 3 heterocycles. The third-order valence-electron chi connectivity index (χ3n) is 4.61. The molecule has 1 aliphatic carbocycles. The van der Waals surface area contributed by atoms with E-state index in [4.69, 9.17) is 9.47 Å². The molecule has 3 fully saturated rings. The highest BCUT2D eigenvalue weighted by Gasteiger charge is 2.41. The van der Waals surface area contributed by atoms with Crippen molar-refractivity contribution in [1.82, 2.24) is 14.9 Å². The van der Waals surface area contributed by atoms with E-state index >= 15 is 0 Å². The van der Waals surface area contributed by atoms with Crippen molar-refractivity contribution in [3.8, 4) is 0 Å². The van der Waals surface area contributed by atoms with E-state index in [-0.39, 0.29) is 5.91 Å². The molecule has 2 saturated heterocycles. The molecule has 1 amide bonds. The monoisotopic (exact) mass is 318 g/mol. The van der Waals surface area contributed by atoms with Crippen molar-refractivity contribution in [1.29, 1.82) is 0 Å². The number of aromatic nitrogens is 2. The second-order valence-corrected chi connectivity index (χ2v) is 6.54. The lowest BCUT2D eigenvalue weighted by atomic mass is 10.0. The summed E-state index contributed by atoms with van der Waals surface area (Å²) in [6, 6.07) is 2.22. The van der Waals surface area contributed by atoms with Crippen molar-refractivity contribution in [2.45, 2.75) is 44.4 Å². The number of amides is 1. The van der Waals surface area contributed by atoms with Crippen LogP contribution in [-0.2, 0) is 9.47 Å². The lowest BCUT2D eigenvalue weighted by Crippen LogP contribution is -2.47. The zero-order valence-corrected chi connectivity index (χ0v) is 13.4. The SMILES string of the molecule is Cc1cc(C(=O)N2CCC3(CC2)OCCO3)nc(NC2CC2)n1. The molecular weight excluding hydrogens is 296 g/mol. The molecule has 0 bridgehead atoms. The molecule has 0 unspecified atom stereocenters. The number of piperidine rings is 1. The summed E-state index contributed by atoms with van der Waals surface area (Å²) in [5.74, 6) is 0.0610. The largest absolute Gasteiger partial charge is 0.351 e. The number of carbonyl (C=O) groups excluding carboxylic acids is 1. The molecule has 0 aromatic carbocycles. The number of aryl methyl sites for hydroxylation is 1. The van der Waals surface area contributed by atoms with Gasteiger partial charge in [-0.05, 0) is 25.8 Å². The minimum atomic E-state index is -0.461. The van der Waals surface area contributed by atoms with E-state index in [1.54, 1.807) is 6.07 Å². The van der Waals surface area contributed by atoms with Gasteiger partial charge >= 0.3 is 0 Å². The van der Waals surface area contributed by atoms with E-state index in [1.165, 1.54) is 0 Å². The van der Waals surface area contributed by atoms with Crippen LogP contribution in [0.5, 0.6) is 0 Å². The van der Waals surface area contributed by atoms with Gasteiger partial charge in [0.2, 0.25) is 5.95 Å². The van der Waals surface area contributed by atoms with Crippen molar-refractivity contribution in [3.63, 3.8) is 0 Å². The van der Waals surface area contributed by atoms with Gasteiger partial charge in [0.15, 0.2) is 5.79 Å². The van der Waals surface area contributed by atoms with Crippen LogP contribution in [0.15, 0.2) is 6.07 Å². The van der Waals surface area contributed by atoms with Crippen LogP contribution in [0.25, 0.3) is 0 Å². The standard InChI is InChI=1S/C16H22N4O3/c1-11-10-13(19-15(17-11)18-12-2-3-12)14(21)20-6-4-16(5-7-20)22-8-9-23-16/h10,12H,2-9H2,1H3,(H,17,18,19). The maximum absolute atomic E-state index is 12.7. The summed E-state index contributed by atoms with van der Waals surface area (Å²) in [4.78, 5) is 23.3. The second-order valence-electron chi connectivity index (χ2n) is 6.54. The van der Waals surface area contributed by atoms with Crippen LogP contribution in [0.3, 0.4) is 0 Å². The lowest BCUT2D eigenvalue weighted by molar-refractivity contribution is -0.181. The molecule has 1 saturated carbocycles. The van der Waals surface area contributed by atoms with E-state index in [9.17, 15) is 4.79 Å². The van der Waals surface area contributed by atoms with E-state index in [0.717, 1.165) is 31.4 Å². The van der Waals surface area contributed by atoms with E-state index in [1.807, 2.05) is 11.8 Å². The summed E-state index contributed by atoms with van der Waals surface area (Å²) in [7, 11) is 0.